The van der Waals surface area contributed by atoms with Gasteiger partial charge >= 0.3 is 0 Å². The Morgan fingerprint density at radius 2 is 2.00 bits per heavy atom. The molecule has 2 heterocycles. The molecule has 0 radical (unpaired) electrons. The van der Waals surface area contributed by atoms with Gasteiger partial charge in [-0.15, -0.1) is 0 Å². The maximum atomic E-state index is 11.7. The second-order valence-electron chi connectivity index (χ2n) is 7.74. The molecule has 7 nitrogen and oxygen atoms in total. The average Bonchev–Trinajstić information content (AvgIpc) is 3.13. The molecule has 1 saturated heterocycles. The monoisotopic (exact) mass is 463 g/mol. The minimum atomic E-state index is -0.389. The predicted molar refractivity (Wildman–Crippen MR) is 129 cm³/mol. The molecule has 0 spiro atoms. The third-order valence-corrected chi connectivity index (χ3v) is 6.26. The number of amides is 2. The molecule has 1 aliphatic heterocycles. The molecule has 170 valence electrons. The first-order valence-electron chi connectivity index (χ1n) is 10.7. The number of aliphatic hydroxyl groups is 1. The molecule has 1 atom stereocenters. The summed E-state index contributed by atoms with van der Waals surface area (Å²) >= 11 is 1.02. The number of hydrogen-bond donors (Lipinski definition) is 3. The van der Waals surface area contributed by atoms with Crippen LogP contribution in [0, 0.1) is 6.92 Å². The Balaban J connectivity index is 1.37. The Bertz CT molecular complexity index is 1150. The molecule has 0 saturated carbocycles. The summed E-state index contributed by atoms with van der Waals surface area (Å²) in [6.45, 7) is 2.93. The van der Waals surface area contributed by atoms with E-state index in [4.69, 9.17) is 9.84 Å². The molecule has 33 heavy (non-hydrogen) atoms. The van der Waals surface area contributed by atoms with Gasteiger partial charge in [0, 0.05) is 12.7 Å². The van der Waals surface area contributed by atoms with Crippen LogP contribution in [0.3, 0.4) is 0 Å². The van der Waals surface area contributed by atoms with Crippen molar-refractivity contribution in [3.63, 3.8) is 0 Å². The Morgan fingerprint density at radius 1 is 1.12 bits per heavy atom. The first-order valence-corrected chi connectivity index (χ1v) is 11.5. The molecule has 1 fully saturated rings. The Hall–Kier alpha value is -3.36. The van der Waals surface area contributed by atoms with Gasteiger partial charge in [-0.05, 0) is 65.4 Å². The van der Waals surface area contributed by atoms with E-state index in [1.54, 1.807) is 6.20 Å². The molecule has 1 aromatic heterocycles. The van der Waals surface area contributed by atoms with E-state index in [9.17, 15) is 9.59 Å². The second kappa shape index (κ2) is 10.5. The van der Waals surface area contributed by atoms with Gasteiger partial charge < -0.3 is 15.2 Å². The molecule has 2 amide bonds. The maximum absolute atomic E-state index is 11.7. The molecule has 1 aliphatic rings. The lowest BCUT2D eigenvalue weighted by atomic mass is 9.98. The van der Waals surface area contributed by atoms with E-state index in [0.29, 0.717) is 13.0 Å². The average molecular weight is 464 g/mol. The number of nitrogens with zero attached hydrogens (tertiary/aromatic N) is 1. The van der Waals surface area contributed by atoms with Gasteiger partial charge in [0.15, 0.2) is 0 Å². The third-order valence-electron chi connectivity index (χ3n) is 5.28. The lowest BCUT2D eigenvalue weighted by molar-refractivity contribution is -0.118. The van der Waals surface area contributed by atoms with Crippen LogP contribution in [0.1, 0.15) is 16.7 Å². The number of ether oxygens (including phenoxy) is 1. The van der Waals surface area contributed by atoms with E-state index in [1.165, 1.54) is 0 Å². The predicted octanol–water partition coefficient (Wildman–Crippen LogP) is 3.93. The molecular formula is C25H25N3O4S. The van der Waals surface area contributed by atoms with Crippen molar-refractivity contribution in [3.8, 4) is 16.9 Å². The number of imide groups is 1. The zero-order chi connectivity index (χ0) is 23.2. The zero-order valence-corrected chi connectivity index (χ0v) is 19.0. The molecule has 1 unspecified atom stereocenters. The number of rotatable bonds is 9. The zero-order valence-electron chi connectivity index (χ0n) is 18.2. The summed E-state index contributed by atoms with van der Waals surface area (Å²) in [5.41, 5.74) is 5.38. The number of benzene rings is 2. The number of thioether (sulfide) groups is 1. The number of nitrogens with one attached hydrogen (secondary N) is 2. The third kappa shape index (κ3) is 5.91. The van der Waals surface area contributed by atoms with Gasteiger partial charge in [0.25, 0.3) is 5.24 Å². The van der Waals surface area contributed by atoms with Crippen LogP contribution in [0.2, 0.25) is 0 Å². The quantitative estimate of drug-likeness (QED) is 0.442. The molecule has 3 N–H and O–H groups in total. The number of aliphatic hydroxyl groups excluding tert-OH is 1. The van der Waals surface area contributed by atoms with E-state index in [2.05, 4.69) is 33.8 Å². The number of pyridine rings is 1. The topological polar surface area (TPSA) is 101 Å². The van der Waals surface area contributed by atoms with Gasteiger partial charge in [-0.1, -0.05) is 42.1 Å². The summed E-state index contributed by atoms with van der Waals surface area (Å²) in [6, 6.07) is 18.0. The fraction of sp³-hybridized carbons (Fsp3) is 0.240. The maximum Gasteiger partial charge on any atom is 0.286 e. The van der Waals surface area contributed by atoms with Gasteiger partial charge in [0.1, 0.15) is 18.2 Å². The highest BCUT2D eigenvalue weighted by molar-refractivity contribution is 8.15. The van der Waals surface area contributed by atoms with Gasteiger partial charge in [-0.2, -0.15) is 0 Å². The number of aromatic nitrogens is 1. The fourth-order valence-corrected chi connectivity index (χ4v) is 4.51. The largest absolute Gasteiger partial charge is 0.491 e. The number of hydrogen-bond acceptors (Lipinski definition) is 7. The van der Waals surface area contributed by atoms with E-state index in [0.717, 1.165) is 51.1 Å². The van der Waals surface area contributed by atoms with Gasteiger partial charge in [-0.25, -0.2) is 4.98 Å². The normalized spacial score (nSPS) is 15.4. The number of carbonyl (C=O) groups excluding carboxylic acids is 2. The summed E-state index contributed by atoms with van der Waals surface area (Å²) in [6.07, 6.45) is 2.21. The van der Waals surface area contributed by atoms with Crippen molar-refractivity contribution in [1.82, 2.24) is 10.3 Å². The molecule has 4 rings (SSSR count). The second-order valence-corrected chi connectivity index (χ2v) is 8.92. The van der Waals surface area contributed by atoms with E-state index >= 15 is 0 Å². The number of anilines is 1. The molecule has 0 bridgehead atoms. The fourth-order valence-electron chi connectivity index (χ4n) is 3.65. The first-order chi connectivity index (χ1) is 16.0. The highest BCUT2D eigenvalue weighted by Gasteiger charge is 2.31. The molecule has 0 aliphatic carbocycles. The van der Waals surface area contributed by atoms with Crippen molar-refractivity contribution in [1.29, 1.82) is 0 Å². The summed E-state index contributed by atoms with van der Waals surface area (Å²) in [7, 11) is 0. The van der Waals surface area contributed by atoms with E-state index in [1.807, 2.05) is 43.3 Å². The van der Waals surface area contributed by atoms with Crippen molar-refractivity contribution in [3.05, 3.63) is 77.5 Å². The highest BCUT2D eigenvalue weighted by Crippen LogP contribution is 2.28. The van der Waals surface area contributed by atoms with Crippen LogP contribution in [-0.4, -0.2) is 39.7 Å². The summed E-state index contributed by atoms with van der Waals surface area (Å²) in [5, 5.41) is 13.9. The van der Waals surface area contributed by atoms with Crippen LogP contribution < -0.4 is 15.4 Å². The summed E-state index contributed by atoms with van der Waals surface area (Å²) in [5.74, 6) is 1.25. The van der Waals surface area contributed by atoms with E-state index < -0.39 is 0 Å². The van der Waals surface area contributed by atoms with Crippen LogP contribution in [0.15, 0.2) is 60.8 Å². The van der Waals surface area contributed by atoms with Crippen LogP contribution >= 0.6 is 11.8 Å². The lowest BCUT2D eigenvalue weighted by Crippen LogP contribution is -2.25. The minimum Gasteiger partial charge on any atom is -0.491 e. The smallest absolute Gasteiger partial charge is 0.286 e. The van der Waals surface area contributed by atoms with Crippen molar-refractivity contribution in [2.24, 2.45) is 0 Å². The Kier molecular flexibility index (Phi) is 7.26. The van der Waals surface area contributed by atoms with Crippen LogP contribution in [0.25, 0.3) is 11.1 Å². The summed E-state index contributed by atoms with van der Waals surface area (Å²) < 4.78 is 5.49. The van der Waals surface area contributed by atoms with Crippen LogP contribution in [0.5, 0.6) is 5.75 Å². The van der Waals surface area contributed by atoms with Crippen LogP contribution in [0.4, 0.5) is 10.6 Å². The van der Waals surface area contributed by atoms with Crippen molar-refractivity contribution >= 4 is 28.7 Å². The molecule has 8 heteroatoms. The Morgan fingerprint density at radius 3 is 2.70 bits per heavy atom. The first kappa shape index (κ1) is 22.8. The van der Waals surface area contributed by atoms with Crippen LogP contribution in [-0.2, 0) is 17.8 Å². The highest BCUT2D eigenvalue weighted by atomic mass is 32.2. The standard InChI is InChI=1S/C25H25N3O4S/c1-16-11-20(32-10-9-29)6-7-21(16)19-4-2-3-17(12-19)14-26-23-8-5-18(15-27-23)13-22-24(30)28-25(31)33-22/h2-8,11-12,15,22,29H,9-10,13-14H2,1H3,(H,26,27)(H,28,30,31). The molecule has 2 aromatic carbocycles. The van der Waals surface area contributed by atoms with Crippen molar-refractivity contribution in [2.75, 3.05) is 18.5 Å². The minimum absolute atomic E-state index is 0.00875. The van der Waals surface area contributed by atoms with Gasteiger partial charge in [0.05, 0.1) is 11.9 Å². The van der Waals surface area contributed by atoms with E-state index in [-0.39, 0.29) is 29.6 Å². The molecular weight excluding hydrogens is 438 g/mol. The number of aryl methyl sites for hydroxylation is 1. The summed E-state index contributed by atoms with van der Waals surface area (Å²) in [4.78, 5) is 27.5. The van der Waals surface area contributed by atoms with Crippen molar-refractivity contribution in [2.45, 2.75) is 25.1 Å². The Labute approximate surface area is 196 Å². The van der Waals surface area contributed by atoms with Gasteiger partial charge in [0.2, 0.25) is 5.91 Å². The van der Waals surface area contributed by atoms with Gasteiger partial charge in [-0.3, -0.25) is 14.9 Å². The SMILES string of the molecule is Cc1cc(OCCO)ccc1-c1cccc(CNc2ccc(CC3SC(=O)NC3=O)cn2)c1. The lowest BCUT2D eigenvalue weighted by Gasteiger charge is -2.12. The number of carbonyl (C=O) groups is 2. The van der Waals surface area contributed by atoms with Crippen molar-refractivity contribution < 1.29 is 19.4 Å². The molecule has 3 aromatic rings.